The number of hydrogen-bond acceptors (Lipinski definition) is 3. The van der Waals surface area contributed by atoms with Gasteiger partial charge >= 0.3 is 0 Å². The summed E-state index contributed by atoms with van der Waals surface area (Å²) in [6, 6.07) is 10.8. The van der Waals surface area contributed by atoms with E-state index in [1.807, 2.05) is 0 Å². The standard InChI is InChI=1S/C22H36NO2/c1-23(16-17-24)15-7-2-3-8-18-25-22-13-11-21(12-14-22)19-20-9-5-4-6-10-20/h4-6,9-10,22,24H,2-3,7-8,11-19H2,1H3. The molecule has 25 heavy (non-hydrogen) atoms. The van der Waals surface area contributed by atoms with Crippen LogP contribution in [0.1, 0.15) is 56.9 Å². The topological polar surface area (TPSA) is 32.7 Å². The molecule has 0 unspecified atom stereocenters. The van der Waals surface area contributed by atoms with Gasteiger partial charge < -0.3 is 14.7 Å². The van der Waals surface area contributed by atoms with Crippen LogP contribution in [0.3, 0.4) is 0 Å². The molecule has 2 rings (SSSR count). The van der Waals surface area contributed by atoms with Crippen LogP contribution in [0.4, 0.5) is 0 Å². The number of hydrogen-bond donors (Lipinski definition) is 1. The summed E-state index contributed by atoms with van der Waals surface area (Å²) in [4.78, 5) is 2.20. The summed E-state index contributed by atoms with van der Waals surface area (Å²) in [6.45, 7) is 3.06. The maximum absolute atomic E-state index is 8.86. The van der Waals surface area contributed by atoms with Crippen LogP contribution in [0.5, 0.6) is 0 Å². The zero-order valence-electron chi connectivity index (χ0n) is 16.0. The molecule has 0 saturated heterocycles. The number of benzene rings is 1. The van der Waals surface area contributed by atoms with Gasteiger partial charge in [0.25, 0.3) is 0 Å². The van der Waals surface area contributed by atoms with Crippen LogP contribution in [0.2, 0.25) is 0 Å². The highest BCUT2D eigenvalue weighted by atomic mass is 16.5. The minimum absolute atomic E-state index is 0.260. The van der Waals surface area contributed by atoms with Crippen molar-refractivity contribution in [2.45, 2.75) is 63.9 Å². The molecule has 3 heteroatoms. The molecular formula is C22H36NO2. The molecule has 0 spiro atoms. The largest absolute Gasteiger partial charge is 0.395 e. The van der Waals surface area contributed by atoms with Gasteiger partial charge in [-0.05, 0) is 70.0 Å². The van der Waals surface area contributed by atoms with Crippen LogP contribution in [-0.4, -0.2) is 49.5 Å². The van der Waals surface area contributed by atoms with Crippen LogP contribution in [0.15, 0.2) is 30.3 Å². The molecule has 1 aliphatic rings. The normalized spacial score (nSPS) is 16.6. The van der Waals surface area contributed by atoms with Gasteiger partial charge in [-0.15, -0.1) is 0 Å². The Labute approximate surface area is 154 Å². The van der Waals surface area contributed by atoms with Gasteiger partial charge in [0.05, 0.1) is 12.7 Å². The Kier molecular flexibility index (Phi) is 10.2. The van der Waals surface area contributed by atoms with Gasteiger partial charge in [-0.25, -0.2) is 0 Å². The molecule has 141 valence electrons. The second-order valence-electron chi connectivity index (χ2n) is 7.42. The molecule has 1 aromatic rings. The summed E-state index contributed by atoms with van der Waals surface area (Å²) < 4.78 is 6.09. The Morgan fingerprint density at radius 2 is 1.72 bits per heavy atom. The van der Waals surface area contributed by atoms with Crippen molar-refractivity contribution in [2.75, 3.05) is 33.4 Å². The summed E-state index contributed by atoms with van der Waals surface area (Å²) in [6.07, 6.45) is 11.4. The number of likely N-dealkylation sites (N-methyl/N-ethyl adjacent to an activating group) is 1. The second kappa shape index (κ2) is 12.5. The first-order valence-corrected chi connectivity index (χ1v) is 10.1. The second-order valence-corrected chi connectivity index (χ2v) is 7.42. The quantitative estimate of drug-likeness (QED) is 0.574. The van der Waals surface area contributed by atoms with Crippen molar-refractivity contribution in [2.24, 2.45) is 0 Å². The summed E-state index contributed by atoms with van der Waals surface area (Å²) in [7, 11) is 2.07. The van der Waals surface area contributed by atoms with E-state index in [4.69, 9.17) is 9.84 Å². The molecule has 0 amide bonds. The lowest BCUT2D eigenvalue weighted by atomic mass is 9.83. The maximum atomic E-state index is 8.86. The lowest BCUT2D eigenvalue weighted by Crippen LogP contribution is -2.23. The van der Waals surface area contributed by atoms with E-state index < -0.39 is 0 Å². The first kappa shape index (κ1) is 20.4. The van der Waals surface area contributed by atoms with Crippen molar-refractivity contribution in [3.8, 4) is 0 Å². The predicted molar refractivity (Wildman–Crippen MR) is 105 cm³/mol. The highest BCUT2D eigenvalue weighted by Gasteiger charge is 2.22. The zero-order chi connectivity index (χ0) is 17.7. The van der Waals surface area contributed by atoms with Gasteiger partial charge in [-0.2, -0.15) is 0 Å². The number of aliphatic hydroxyl groups is 1. The highest BCUT2D eigenvalue weighted by Crippen LogP contribution is 2.30. The minimum atomic E-state index is 0.260. The zero-order valence-corrected chi connectivity index (χ0v) is 16.0. The van der Waals surface area contributed by atoms with E-state index in [0.29, 0.717) is 6.10 Å². The van der Waals surface area contributed by atoms with Crippen molar-refractivity contribution in [1.82, 2.24) is 4.90 Å². The molecule has 0 bridgehead atoms. The number of rotatable bonds is 12. The molecule has 3 nitrogen and oxygen atoms in total. The fourth-order valence-electron chi connectivity index (χ4n) is 3.60. The van der Waals surface area contributed by atoms with Gasteiger partial charge in [0.2, 0.25) is 0 Å². The van der Waals surface area contributed by atoms with Crippen LogP contribution in [0, 0.1) is 5.92 Å². The molecule has 1 aromatic carbocycles. The number of nitrogens with zero attached hydrogens (tertiary/aromatic N) is 1. The van der Waals surface area contributed by atoms with Crippen LogP contribution >= 0.6 is 0 Å². The van der Waals surface area contributed by atoms with Crippen molar-refractivity contribution in [1.29, 1.82) is 0 Å². The van der Waals surface area contributed by atoms with Gasteiger partial charge in [-0.1, -0.05) is 43.2 Å². The molecule has 1 N–H and O–H groups in total. The fraction of sp³-hybridized carbons (Fsp3) is 0.682. The van der Waals surface area contributed by atoms with Crippen molar-refractivity contribution in [3.05, 3.63) is 41.8 Å². The molecule has 1 radical (unpaired) electrons. The third-order valence-electron chi connectivity index (χ3n) is 5.21. The van der Waals surface area contributed by atoms with Gasteiger partial charge in [0.15, 0.2) is 0 Å². The highest BCUT2D eigenvalue weighted by molar-refractivity contribution is 5.19. The lowest BCUT2D eigenvalue weighted by Gasteiger charge is -2.28. The summed E-state index contributed by atoms with van der Waals surface area (Å²) in [5.74, 6) is 1.69. The van der Waals surface area contributed by atoms with Crippen LogP contribution < -0.4 is 0 Å². The molecule has 1 fully saturated rings. The molecule has 0 atom stereocenters. The summed E-state index contributed by atoms with van der Waals surface area (Å²) >= 11 is 0. The van der Waals surface area contributed by atoms with Crippen molar-refractivity contribution in [3.63, 3.8) is 0 Å². The van der Waals surface area contributed by atoms with Gasteiger partial charge in [0.1, 0.15) is 0 Å². The molecular weight excluding hydrogens is 310 g/mol. The van der Waals surface area contributed by atoms with Gasteiger partial charge in [0, 0.05) is 13.2 Å². The number of ether oxygens (including phenoxy) is 1. The van der Waals surface area contributed by atoms with E-state index in [9.17, 15) is 0 Å². The average molecular weight is 347 g/mol. The van der Waals surface area contributed by atoms with Gasteiger partial charge in [-0.3, -0.25) is 0 Å². The van der Waals surface area contributed by atoms with E-state index >= 15 is 0 Å². The first-order chi connectivity index (χ1) is 12.3. The van der Waals surface area contributed by atoms with E-state index in [2.05, 4.69) is 42.3 Å². The summed E-state index contributed by atoms with van der Waals surface area (Å²) in [5, 5.41) is 8.86. The third-order valence-corrected chi connectivity index (χ3v) is 5.21. The lowest BCUT2D eigenvalue weighted by molar-refractivity contribution is 0.0291. The van der Waals surface area contributed by atoms with Crippen LogP contribution in [0.25, 0.3) is 0 Å². The Balaban J connectivity index is 1.45. The molecule has 0 heterocycles. The predicted octanol–water partition coefficient (Wildman–Crippen LogP) is 4.25. The minimum Gasteiger partial charge on any atom is -0.395 e. The Morgan fingerprint density at radius 3 is 2.44 bits per heavy atom. The summed E-state index contributed by atoms with van der Waals surface area (Å²) in [5.41, 5.74) is 1.45. The third kappa shape index (κ3) is 8.84. The smallest absolute Gasteiger partial charge is 0.0575 e. The molecule has 0 aromatic heterocycles. The van der Waals surface area contributed by atoms with Crippen LogP contribution in [-0.2, 0) is 11.2 Å². The Morgan fingerprint density at radius 1 is 1.00 bits per heavy atom. The Bertz CT molecular complexity index is 429. The average Bonchev–Trinajstić information content (AvgIpc) is 2.63. The monoisotopic (exact) mass is 346 g/mol. The fourth-order valence-corrected chi connectivity index (χ4v) is 3.60. The SMILES string of the molecule is CN(CCO)CCCCCCOC1CC[C](Cc2ccccc2)CC1. The van der Waals surface area contributed by atoms with E-state index in [-0.39, 0.29) is 6.61 Å². The number of aliphatic hydroxyl groups excluding tert-OH is 1. The van der Waals surface area contributed by atoms with E-state index in [1.54, 1.807) is 5.92 Å². The maximum Gasteiger partial charge on any atom is 0.0575 e. The van der Waals surface area contributed by atoms with E-state index in [0.717, 1.165) is 26.1 Å². The van der Waals surface area contributed by atoms with E-state index in [1.165, 1.54) is 56.9 Å². The van der Waals surface area contributed by atoms with Crippen molar-refractivity contribution >= 4 is 0 Å². The Hall–Kier alpha value is -0.900. The van der Waals surface area contributed by atoms with Crippen molar-refractivity contribution < 1.29 is 9.84 Å². The number of unbranched alkanes of at least 4 members (excludes halogenated alkanes) is 3. The molecule has 1 saturated carbocycles. The molecule has 0 aliphatic heterocycles. The molecule has 1 aliphatic carbocycles. The first-order valence-electron chi connectivity index (χ1n) is 10.1.